The fraction of sp³-hybridized carbons (Fsp3) is 0.133. The van der Waals surface area contributed by atoms with Gasteiger partial charge < -0.3 is 9.73 Å². The molecule has 0 spiro atoms. The Balaban J connectivity index is 1.76. The number of carbonyl (C=O) groups is 2. The normalized spacial score (nSPS) is 10.6. The summed E-state index contributed by atoms with van der Waals surface area (Å²) in [5, 5.41) is 6.75. The van der Waals surface area contributed by atoms with Crippen molar-refractivity contribution in [2.45, 2.75) is 6.92 Å². The van der Waals surface area contributed by atoms with Crippen molar-refractivity contribution in [1.29, 1.82) is 0 Å². The Morgan fingerprint density at radius 3 is 2.59 bits per heavy atom. The Bertz CT molecular complexity index is 692. The minimum absolute atomic E-state index is 0.185. The molecule has 2 amide bonds. The zero-order chi connectivity index (χ0) is 15.9. The lowest BCUT2D eigenvalue weighted by molar-refractivity contribution is -0.120. The maximum atomic E-state index is 11.8. The lowest BCUT2D eigenvalue weighted by atomic mass is 10.2. The highest BCUT2D eigenvalue weighted by Gasteiger charge is 2.07. The van der Waals surface area contributed by atoms with E-state index >= 15 is 0 Å². The first-order chi connectivity index (χ1) is 10.5. The van der Waals surface area contributed by atoms with E-state index in [2.05, 4.69) is 15.8 Å². The number of rotatable bonds is 5. The minimum Gasteiger partial charge on any atom is -0.460 e. The first-order valence-corrected chi connectivity index (χ1v) is 6.84. The van der Waals surface area contributed by atoms with Gasteiger partial charge in [0.05, 0.1) is 12.8 Å². The fourth-order valence-corrected chi connectivity index (χ4v) is 1.72. The number of nitrogens with one attached hydrogen (secondary N) is 2. The second-order valence-electron chi connectivity index (χ2n) is 4.43. The van der Waals surface area contributed by atoms with Crippen LogP contribution in [0.2, 0.25) is 5.02 Å². The van der Waals surface area contributed by atoms with E-state index in [9.17, 15) is 9.59 Å². The Hall–Kier alpha value is -2.60. The van der Waals surface area contributed by atoms with Crippen LogP contribution in [-0.2, 0) is 4.79 Å². The lowest BCUT2D eigenvalue weighted by Crippen LogP contribution is -2.34. The van der Waals surface area contributed by atoms with E-state index in [-0.39, 0.29) is 12.5 Å². The minimum atomic E-state index is -0.443. The third-order valence-corrected chi connectivity index (χ3v) is 2.91. The molecule has 114 valence electrons. The van der Waals surface area contributed by atoms with Gasteiger partial charge in [0.15, 0.2) is 0 Å². The van der Waals surface area contributed by atoms with Crippen LogP contribution in [0.1, 0.15) is 21.9 Å². The second kappa shape index (κ2) is 7.42. The summed E-state index contributed by atoms with van der Waals surface area (Å²) in [5.41, 5.74) is 2.71. The smallest absolute Gasteiger partial charge is 0.259 e. The van der Waals surface area contributed by atoms with Crippen molar-refractivity contribution < 1.29 is 14.0 Å². The first-order valence-electron chi connectivity index (χ1n) is 6.47. The Labute approximate surface area is 132 Å². The van der Waals surface area contributed by atoms with E-state index in [1.54, 1.807) is 36.4 Å². The monoisotopic (exact) mass is 319 g/mol. The summed E-state index contributed by atoms with van der Waals surface area (Å²) in [4.78, 5) is 23.3. The Morgan fingerprint density at radius 1 is 1.23 bits per heavy atom. The van der Waals surface area contributed by atoms with Gasteiger partial charge in [-0.05, 0) is 43.3 Å². The van der Waals surface area contributed by atoms with Crippen molar-refractivity contribution in [3.8, 4) is 0 Å². The number of halogens is 1. The van der Waals surface area contributed by atoms with Gasteiger partial charge in [0, 0.05) is 10.6 Å². The van der Waals surface area contributed by atoms with Gasteiger partial charge in [-0.3, -0.25) is 9.59 Å². The number of furan rings is 1. The summed E-state index contributed by atoms with van der Waals surface area (Å²) in [6, 6.07) is 9.88. The zero-order valence-electron chi connectivity index (χ0n) is 11.8. The summed E-state index contributed by atoms with van der Waals surface area (Å²) in [6.07, 6.45) is 1.38. The Kier molecular flexibility index (Phi) is 5.32. The number of hydrazone groups is 1. The number of carbonyl (C=O) groups excluding carboxylic acids is 2. The highest BCUT2D eigenvalue weighted by atomic mass is 35.5. The summed E-state index contributed by atoms with van der Waals surface area (Å²) in [6.45, 7) is 1.62. The van der Waals surface area contributed by atoms with E-state index in [1.165, 1.54) is 6.21 Å². The molecule has 0 saturated heterocycles. The summed E-state index contributed by atoms with van der Waals surface area (Å²) >= 11 is 5.73. The van der Waals surface area contributed by atoms with Crippen molar-refractivity contribution in [2.24, 2.45) is 5.10 Å². The van der Waals surface area contributed by atoms with Gasteiger partial charge in [0.1, 0.15) is 11.5 Å². The second-order valence-corrected chi connectivity index (χ2v) is 4.87. The van der Waals surface area contributed by atoms with Gasteiger partial charge in [-0.15, -0.1) is 0 Å². The molecule has 0 bridgehead atoms. The maximum absolute atomic E-state index is 11.8. The van der Waals surface area contributed by atoms with Crippen LogP contribution in [0.15, 0.2) is 45.9 Å². The average molecular weight is 320 g/mol. The number of aryl methyl sites for hydroxylation is 1. The van der Waals surface area contributed by atoms with E-state index in [4.69, 9.17) is 16.0 Å². The van der Waals surface area contributed by atoms with Crippen LogP contribution in [0, 0.1) is 6.92 Å². The van der Waals surface area contributed by atoms with Crippen molar-refractivity contribution >= 4 is 29.6 Å². The van der Waals surface area contributed by atoms with Crippen molar-refractivity contribution in [1.82, 2.24) is 10.7 Å². The third kappa shape index (κ3) is 4.75. The van der Waals surface area contributed by atoms with Gasteiger partial charge in [-0.25, -0.2) is 5.43 Å². The summed E-state index contributed by atoms with van der Waals surface area (Å²) in [5.74, 6) is 0.477. The summed E-state index contributed by atoms with van der Waals surface area (Å²) < 4.78 is 5.25. The van der Waals surface area contributed by atoms with Crippen LogP contribution >= 0.6 is 11.6 Å². The standard InChI is InChI=1S/C15H14ClN3O3/c1-10-2-7-13(22-10)8-18-19-14(20)9-17-15(21)11-3-5-12(16)6-4-11/h2-8H,9H2,1H3,(H,17,21)(H,19,20)/b18-8+. The molecule has 6 nitrogen and oxygen atoms in total. The van der Waals surface area contributed by atoms with Gasteiger partial charge in [0.2, 0.25) is 0 Å². The lowest BCUT2D eigenvalue weighted by Gasteiger charge is -2.04. The predicted octanol–water partition coefficient (Wildman–Crippen LogP) is 2.12. The van der Waals surface area contributed by atoms with E-state index in [1.807, 2.05) is 6.92 Å². The molecule has 0 atom stereocenters. The molecular weight excluding hydrogens is 306 g/mol. The number of hydrogen-bond donors (Lipinski definition) is 2. The molecule has 1 aromatic heterocycles. The van der Waals surface area contributed by atoms with Crippen molar-refractivity contribution in [3.05, 3.63) is 58.5 Å². The molecule has 2 N–H and O–H groups in total. The average Bonchev–Trinajstić information content (AvgIpc) is 2.91. The number of benzene rings is 1. The van der Waals surface area contributed by atoms with Crippen molar-refractivity contribution in [3.63, 3.8) is 0 Å². The van der Waals surface area contributed by atoms with Crippen molar-refractivity contribution in [2.75, 3.05) is 6.54 Å². The van der Waals surface area contributed by atoms with Crippen LogP contribution in [0.5, 0.6) is 0 Å². The molecule has 0 unspecified atom stereocenters. The first kappa shape index (κ1) is 15.8. The summed E-state index contributed by atoms with van der Waals surface area (Å²) in [7, 11) is 0. The molecule has 0 aliphatic carbocycles. The zero-order valence-corrected chi connectivity index (χ0v) is 12.6. The molecule has 22 heavy (non-hydrogen) atoms. The van der Waals surface area contributed by atoms with Crippen LogP contribution < -0.4 is 10.7 Å². The molecule has 2 rings (SSSR count). The molecule has 0 aliphatic heterocycles. The topological polar surface area (TPSA) is 83.7 Å². The molecule has 7 heteroatoms. The van der Waals surface area contributed by atoms with E-state index in [0.717, 1.165) is 5.76 Å². The fourth-order valence-electron chi connectivity index (χ4n) is 1.59. The van der Waals surface area contributed by atoms with Gasteiger partial charge >= 0.3 is 0 Å². The molecule has 2 aromatic rings. The highest BCUT2D eigenvalue weighted by Crippen LogP contribution is 2.09. The molecule has 1 aromatic carbocycles. The number of amides is 2. The molecule has 0 fully saturated rings. The van der Waals surface area contributed by atoms with Crippen LogP contribution in [0.4, 0.5) is 0 Å². The van der Waals surface area contributed by atoms with Gasteiger partial charge in [-0.2, -0.15) is 5.10 Å². The predicted molar refractivity (Wildman–Crippen MR) is 83.0 cm³/mol. The van der Waals surface area contributed by atoms with Gasteiger partial charge in [0.25, 0.3) is 11.8 Å². The largest absolute Gasteiger partial charge is 0.460 e. The molecule has 0 saturated carbocycles. The van der Waals surface area contributed by atoms with Crippen LogP contribution in [0.25, 0.3) is 0 Å². The van der Waals surface area contributed by atoms with E-state index < -0.39 is 5.91 Å². The van der Waals surface area contributed by atoms with Crippen LogP contribution in [-0.4, -0.2) is 24.6 Å². The maximum Gasteiger partial charge on any atom is 0.259 e. The number of hydrogen-bond acceptors (Lipinski definition) is 4. The quantitative estimate of drug-likeness (QED) is 0.654. The van der Waals surface area contributed by atoms with Gasteiger partial charge in [-0.1, -0.05) is 11.6 Å². The third-order valence-electron chi connectivity index (χ3n) is 2.66. The van der Waals surface area contributed by atoms with Crippen LogP contribution in [0.3, 0.4) is 0 Å². The SMILES string of the molecule is Cc1ccc(/C=N/NC(=O)CNC(=O)c2ccc(Cl)cc2)o1. The molecular formula is C15H14ClN3O3. The highest BCUT2D eigenvalue weighted by molar-refractivity contribution is 6.30. The molecule has 1 heterocycles. The Morgan fingerprint density at radius 2 is 1.95 bits per heavy atom. The number of nitrogens with zero attached hydrogens (tertiary/aromatic N) is 1. The molecule has 0 aliphatic rings. The molecule has 0 radical (unpaired) electrons. The van der Waals surface area contributed by atoms with E-state index in [0.29, 0.717) is 16.3 Å².